The highest BCUT2D eigenvalue weighted by Crippen LogP contribution is 2.62. The van der Waals surface area contributed by atoms with Crippen LogP contribution in [0, 0.1) is 29.1 Å². The minimum atomic E-state index is -1.39. The maximum absolute atomic E-state index is 15.2. The standard InChI is InChI=1S/C40H58O7/c1-24(2)28-14-18-39-29(15-17-38(7,47-35(39)43)40(45)20-19-36(5,44)32(40)23-28)22-26(4)30-12-11-27-9-8-16-37(6,46-34(27)42)33(41)13-10-25(3)21-31(30)39/h9,21,23-24,29,31-33,41,44-45H,8,10-20,22H2,1-7H3/b25-21+,28-23+/t29-,31+,32+,33+,36+,37-,38-,39-,40-/m1/s1. The number of hydrogen-bond donors (Lipinski definition) is 3. The zero-order valence-electron chi connectivity index (χ0n) is 29.8. The van der Waals surface area contributed by atoms with Crippen molar-refractivity contribution in [3.05, 3.63) is 46.1 Å². The highest BCUT2D eigenvalue weighted by molar-refractivity contribution is 5.89. The van der Waals surface area contributed by atoms with Crippen LogP contribution in [0.3, 0.4) is 0 Å². The van der Waals surface area contributed by atoms with Crippen molar-refractivity contribution in [3.63, 3.8) is 0 Å². The Morgan fingerprint density at radius 2 is 1.62 bits per heavy atom. The second kappa shape index (κ2) is 12.0. The molecule has 1 saturated carbocycles. The molecule has 6 aliphatic rings. The molecule has 0 aromatic rings. The lowest BCUT2D eigenvalue weighted by atomic mass is 9.54. The van der Waals surface area contributed by atoms with Gasteiger partial charge >= 0.3 is 11.9 Å². The van der Waals surface area contributed by atoms with Gasteiger partial charge in [0.2, 0.25) is 0 Å². The van der Waals surface area contributed by atoms with E-state index in [0.29, 0.717) is 76.2 Å². The summed E-state index contributed by atoms with van der Waals surface area (Å²) in [5.41, 5.74) is -0.0397. The van der Waals surface area contributed by atoms with Crippen LogP contribution < -0.4 is 0 Å². The lowest BCUT2D eigenvalue weighted by molar-refractivity contribution is -0.212. The fourth-order valence-electron chi connectivity index (χ4n) is 10.4. The first-order valence-corrected chi connectivity index (χ1v) is 18.3. The van der Waals surface area contributed by atoms with Gasteiger partial charge in [0, 0.05) is 17.4 Å². The number of ether oxygens (including phenoxy) is 2. The Balaban J connectivity index is 1.51. The van der Waals surface area contributed by atoms with Crippen molar-refractivity contribution in [2.75, 3.05) is 0 Å². The molecule has 260 valence electrons. The van der Waals surface area contributed by atoms with E-state index in [1.54, 1.807) is 0 Å². The van der Waals surface area contributed by atoms with Crippen LogP contribution in [0.1, 0.15) is 132 Å². The monoisotopic (exact) mass is 650 g/mol. The first kappa shape index (κ1) is 34.6. The van der Waals surface area contributed by atoms with E-state index in [1.165, 1.54) is 16.7 Å². The zero-order valence-corrected chi connectivity index (χ0v) is 29.8. The molecule has 6 rings (SSSR count). The Morgan fingerprint density at radius 1 is 0.872 bits per heavy atom. The van der Waals surface area contributed by atoms with Gasteiger partial charge in [0.05, 0.1) is 17.1 Å². The average molecular weight is 651 g/mol. The number of fused-ring (bicyclic) bond motifs is 8. The maximum atomic E-state index is 15.2. The van der Waals surface area contributed by atoms with Crippen molar-refractivity contribution in [1.29, 1.82) is 0 Å². The van der Waals surface area contributed by atoms with Gasteiger partial charge in [-0.1, -0.05) is 54.4 Å². The Morgan fingerprint density at radius 3 is 2.34 bits per heavy atom. The van der Waals surface area contributed by atoms with Crippen molar-refractivity contribution in [3.8, 4) is 0 Å². The molecular formula is C40H58O7. The topological polar surface area (TPSA) is 113 Å². The maximum Gasteiger partial charge on any atom is 0.334 e. The van der Waals surface area contributed by atoms with Crippen molar-refractivity contribution >= 4 is 11.9 Å². The highest BCUT2D eigenvalue weighted by Gasteiger charge is 2.67. The van der Waals surface area contributed by atoms with E-state index in [9.17, 15) is 20.1 Å². The normalized spacial score (nSPS) is 46.8. The van der Waals surface area contributed by atoms with Crippen LogP contribution in [0.2, 0.25) is 0 Å². The number of carbonyl (C=O) groups is 2. The molecule has 1 saturated heterocycles. The minimum absolute atomic E-state index is 0.0218. The third-order valence-corrected chi connectivity index (χ3v) is 13.7. The molecule has 0 aromatic heterocycles. The van der Waals surface area contributed by atoms with E-state index in [2.05, 4.69) is 39.8 Å². The van der Waals surface area contributed by atoms with Crippen LogP contribution >= 0.6 is 0 Å². The van der Waals surface area contributed by atoms with E-state index in [-0.39, 0.29) is 29.7 Å². The van der Waals surface area contributed by atoms with Gasteiger partial charge in [-0.05, 0) is 130 Å². The van der Waals surface area contributed by atoms with Crippen molar-refractivity contribution in [1.82, 2.24) is 0 Å². The number of aliphatic hydroxyl groups excluding tert-OH is 1. The lowest BCUT2D eigenvalue weighted by Crippen LogP contribution is -2.60. The molecule has 7 nitrogen and oxygen atoms in total. The summed E-state index contributed by atoms with van der Waals surface area (Å²) >= 11 is 0. The highest BCUT2D eigenvalue weighted by atomic mass is 16.6. The third-order valence-electron chi connectivity index (χ3n) is 13.7. The molecule has 9 atom stereocenters. The first-order valence-electron chi connectivity index (χ1n) is 18.3. The summed E-state index contributed by atoms with van der Waals surface area (Å²) in [6.07, 6.45) is 13.2. The third kappa shape index (κ3) is 5.60. The van der Waals surface area contributed by atoms with Gasteiger partial charge in [-0.25, -0.2) is 4.79 Å². The number of aliphatic hydroxyl groups is 3. The van der Waals surface area contributed by atoms with Gasteiger partial charge in [0.25, 0.3) is 0 Å². The van der Waals surface area contributed by atoms with E-state index in [0.717, 1.165) is 18.4 Å². The van der Waals surface area contributed by atoms with Gasteiger partial charge in [-0.15, -0.1) is 0 Å². The Hall–Kier alpha value is -2.22. The quantitative estimate of drug-likeness (QED) is 0.203. The summed E-state index contributed by atoms with van der Waals surface area (Å²) < 4.78 is 12.7. The van der Waals surface area contributed by atoms with Crippen LogP contribution in [0.25, 0.3) is 0 Å². The summed E-state index contributed by atoms with van der Waals surface area (Å²) in [5, 5.41) is 35.6. The van der Waals surface area contributed by atoms with Crippen LogP contribution in [-0.4, -0.2) is 55.8 Å². The smallest absolute Gasteiger partial charge is 0.334 e. The van der Waals surface area contributed by atoms with Gasteiger partial charge in [-0.3, -0.25) is 4.79 Å². The van der Waals surface area contributed by atoms with E-state index in [1.807, 2.05) is 26.8 Å². The van der Waals surface area contributed by atoms with Gasteiger partial charge in [-0.2, -0.15) is 0 Å². The minimum Gasteiger partial charge on any atom is -0.456 e. The molecule has 47 heavy (non-hydrogen) atoms. The van der Waals surface area contributed by atoms with Gasteiger partial charge < -0.3 is 24.8 Å². The van der Waals surface area contributed by atoms with Crippen LogP contribution in [0.5, 0.6) is 0 Å². The number of rotatable bonds is 1. The van der Waals surface area contributed by atoms with E-state index in [4.69, 9.17) is 9.47 Å². The van der Waals surface area contributed by atoms with Gasteiger partial charge in [0.1, 0.15) is 16.8 Å². The Bertz CT molecular complexity index is 1430. The van der Waals surface area contributed by atoms with Crippen molar-refractivity contribution < 1.29 is 34.4 Å². The van der Waals surface area contributed by atoms with Crippen molar-refractivity contribution in [2.24, 2.45) is 29.1 Å². The SMILES string of the molecule is CC1=C2CCC3=CCC[C@@](C)(OC3=O)[C@@H](O)CC/C(C)=C/[C@@H]2[C@@]23CC/C(C(C)C)=C\[C@H]4[C@@](C)(O)CC[C@]4(O)[C@@](C)(CC[C@@H]2C1)OC3=O. The predicted octanol–water partition coefficient (Wildman–Crippen LogP) is 7.19. The largest absolute Gasteiger partial charge is 0.456 e. The molecular weight excluding hydrogens is 592 g/mol. The first-order chi connectivity index (χ1) is 22.0. The van der Waals surface area contributed by atoms with E-state index < -0.39 is 39.8 Å². The molecule has 4 bridgehead atoms. The molecule has 1 spiro atoms. The molecule has 0 unspecified atom stereocenters. The molecule has 2 fully saturated rings. The zero-order chi connectivity index (χ0) is 34.2. The molecule has 7 heteroatoms. The lowest BCUT2D eigenvalue weighted by Gasteiger charge is -2.50. The van der Waals surface area contributed by atoms with Crippen molar-refractivity contribution in [2.45, 2.75) is 160 Å². The Labute approximate surface area is 281 Å². The fourth-order valence-corrected chi connectivity index (χ4v) is 10.4. The molecule has 4 heterocycles. The predicted molar refractivity (Wildman–Crippen MR) is 181 cm³/mol. The molecule has 0 radical (unpaired) electrons. The molecule has 3 N–H and O–H groups in total. The number of allylic oxidation sites excluding steroid dienone is 6. The number of carbonyl (C=O) groups excluding carboxylic acids is 2. The molecule has 0 aromatic carbocycles. The second-order valence-electron chi connectivity index (χ2n) is 17.1. The molecule has 0 amide bonds. The fraction of sp³-hybridized carbons (Fsp3) is 0.750. The number of esters is 2. The molecule has 2 aliphatic carbocycles. The van der Waals surface area contributed by atoms with E-state index >= 15 is 4.79 Å². The van der Waals surface area contributed by atoms with Gasteiger partial charge in [0.15, 0.2) is 0 Å². The summed E-state index contributed by atoms with van der Waals surface area (Å²) in [6, 6.07) is 0. The number of hydrogen-bond acceptors (Lipinski definition) is 7. The average Bonchev–Trinajstić information content (AvgIpc) is 3.07. The van der Waals surface area contributed by atoms with Crippen LogP contribution in [0.4, 0.5) is 0 Å². The summed E-state index contributed by atoms with van der Waals surface area (Å²) in [5.74, 6) is -1.15. The summed E-state index contributed by atoms with van der Waals surface area (Å²) in [7, 11) is 0. The van der Waals surface area contributed by atoms with Crippen LogP contribution in [-0.2, 0) is 19.1 Å². The Kier molecular flexibility index (Phi) is 8.83. The molecule has 4 aliphatic heterocycles. The van der Waals surface area contributed by atoms with Crippen LogP contribution in [0.15, 0.2) is 46.1 Å². The summed E-state index contributed by atoms with van der Waals surface area (Å²) in [4.78, 5) is 28.6. The second-order valence-corrected chi connectivity index (χ2v) is 17.1. The summed E-state index contributed by atoms with van der Waals surface area (Å²) in [6.45, 7) is 14.2.